The molecule has 10 heteroatoms. The summed E-state index contributed by atoms with van der Waals surface area (Å²) in [6.45, 7) is 0.0384. The van der Waals surface area contributed by atoms with Crippen molar-refractivity contribution in [2.75, 3.05) is 20.8 Å². The van der Waals surface area contributed by atoms with Crippen LogP contribution in [0.15, 0.2) is 96.2 Å². The largest absolute Gasteiger partial charge is 0.497 e. The minimum atomic E-state index is -1.06. The van der Waals surface area contributed by atoms with Gasteiger partial charge in [-0.25, -0.2) is 19.3 Å². The fraction of sp³-hybridized carbons (Fsp3) is 0.258. The summed E-state index contributed by atoms with van der Waals surface area (Å²) in [6.07, 6.45) is 0.800. The van der Waals surface area contributed by atoms with E-state index in [2.05, 4.69) is 15.0 Å². The lowest BCUT2D eigenvalue weighted by Gasteiger charge is -2.37. The van der Waals surface area contributed by atoms with Gasteiger partial charge >= 0.3 is 5.69 Å². The molecule has 41 heavy (non-hydrogen) atoms. The van der Waals surface area contributed by atoms with Gasteiger partial charge in [-0.05, 0) is 41.0 Å². The summed E-state index contributed by atoms with van der Waals surface area (Å²) in [5.41, 5.74) is 2.09. The van der Waals surface area contributed by atoms with Crippen LogP contribution in [0, 0.1) is 0 Å². The first-order chi connectivity index (χ1) is 20.0. The molecular weight excluding hydrogens is 524 g/mol. The molecule has 0 bridgehead atoms. The van der Waals surface area contributed by atoms with Crippen LogP contribution in [0.25, 0.3) is 11.2 Å². The molecule has 2 N–H and O–H groups in total. The van der Waals surface area contributed by atoms with Gasteiger partial charge in [-0.15, -0.1) is 0 Å². The Labute approximate surface area is 236 Å². The van der Waals surface area contributed by atoms with Crippen molar-refractivity contribution in [3.63, 3.8) is 0 Å². The standard InChI is InChI=1S/C31H30N4O6/c1-38-23-12-8-21(9-13-23)31(20-6-4-3-5-7-20,22-10-14-24(39-2)15-11-22)40-18-27-26(36)16-28(41-27)35-29-25(34-30(35)37)17-32-19-33-29/h3-15,17,19,26-28,36H,16,18H2,1-2H3,(H,34,37)/t26-,27+,28+/m0/s1. The molecule has 0 amide bonds. The maximum Gasteiger partial charge on any atom is 0.329 e. The van der Waals surface area contributed by atoms with Crippen LogP contribution in [0.4, 0.5) is 0 Å². The fourth-order valence-corrected chi connectivity index (χ4v) is 5.45. The first-order valence-electron chi connectivity index (χ1n) is 13.3. The first-order valence-corrected chi connectivity index (χ1v) is 13.3. The molecule has 1 fully saturated rings. The highest BCUT2D eigenvalue weighted by atomic mass is 16.6. The molecule has 10 nitrogen and oxygen atoms in total. The van der Waals surface area contributed by atoms with Crippen molar-refractivity contribution in [3.05, 3.63) is 119 Å². The Balaban J connectivity index is 1.38. The van der Waals surface area contributed by atoms with Gasteiger partial charge in [-0.3, -0.25) is 0 Å². The number of nitrogens with one attached hydrogen (secondary N) is 1. The molecule has 1 saturated heterocycles. The number of fused-ring (bicyclic) bond motifs is 1. The molecule has 0 saturated carbocycles. The Hall–Kier alpha value is -4.51. The van der Waals surface area contributed by atoms with Gasteiger partial charge in [0.2, 0.25) is 0 Å². The SMILES string of the molecule is COc1ccc(C(OC[C@H]2O[C@@H](n3c(=O)[nH]c4cncnc43)C[C@@H]2O)(c2ccccc2)c2ccc(OC)cc2)cc1. The molecule has 3 aromatic carbocycles. The Morgan fingerprint density at radius 3 is 2.17 bits per heavy atom. The van der Waals surface area contributed by atoms with Crippen LogP contribution in [-0.2, 0) is 15.1 Å². The zero-order valence-corrected chi connectivity index (χ0v) is 22.6. The van der Waals surface area contributed by atoms with Gasteiger partial charge in [-0.1, -0.05) is 54.6 Å². The molecule has 0 radical (unpaired) electrons. The summed E-state index contributed by atoms with van der Waals surface area (Å²) in [7, 11) is 3.25. The third-order valence-electron chi connectivity index (χ3n) is 7.51. The van der Waals surface area contributed by atoms with E-state index in [0.717, 1.165) is 28.2 Å². The zero-order chi connectivity index (χ0) is 28.4. The van der Waals surface area contributed by atoms with E-state index in [1.165, 1.54) is 17.1 Å². The summed E-state index contributed by atoms with van der Waals surface area (Å²) < 4.78 is 25.4. The Bertz CT molecular complexity index is 1620. The fourth-order valence-electron chi connectivity index (χ4n) is 5.45. The molecule has 3 atom stereocenters. The van der Waals surface area contributed by atoms with Crippen molar-refractivity contribution >= 4 is 11.2 Å². The van der Waals surface area contributed by atoms with Crippen molar-refractivity contribution in [2.24, 2.45) is 0 Å². The van der Waals surface area contributed by atoms with Gasteiger partial charge in [-0.2, -0.15) is 0 Å². The second-order valence-electron chi connectivity index (χ2n) is 9.81. The molecule has 2 aromatic heterocycles. The van der Waals surface area contributed by atoms with E-state index in [-0.39, 0.29) is 18.7 Å². The van der Waals surface area contributed by atoms with Crippen molar-refractivity contribution in [3.8, 4) is 11.5 Å². The molecular formula is C31H30N4O6. The Morgan fingerprint density at radius 1 is 0.951 bits per heavy atom. The number of hydrogen-bond donors (Lipinski definition) is 2. The summed E-state index contributed by atoms with van der Waals surface area (Å²) in [6, 6.07) is 25.3. The lowest BCUT2D eigenvalue weighted by atomic mass is 9.80. The Morgan fingerprint density at radius 2 is 1.56 bits per heavy atom. The van der Waals surface area contributed by atoms with E-state index in [0.29, 0.717) is 11.2 Å². The topological polar surface area (TPSA) is 121 Å². The van der Waals surface area contributed by atoms with Crippen molar-refractivity contribution in [1.29, 1.82) is 0 Å². The molecule has 0 unspecified atom stereocenters. The van der Waals surface area contributed by atoms with Crippen LogP contribution >= 0.6 is 0 Å². The highest BCUT2D eigenvalue weighted by Gasteiger charge is 2.42. The number of aromatic nitrogens is 4. The molecule has 5 aromatic rings. The monoisotopic (exact) mass is 554 g/mol. The van der Waals surface area contributed by atoms with Crippen LogP contribution in [0.2, 0.25) is 0 Å². The quantitative estimate of drug-likeness (QED) is 0.264. The number of ether oxygens (including phenoxy) is 4. The number of hydrogen-bond acceptors (Lipinski definition) is 8. The minimum Gasteiger partial charge on any atom is -0.497 e. The molecule has 1 aliphatic heterocycles. The van der Waals surface area contributed by atoms with Crippen LogP contribution < -0.4 is 15.2 Å². The number of benzene rings is 3. The molecule has 210 valence electrons. The van der Waals surface area contributed by atoms with Crippen LogP contribution in [0.1, 0.15) is 29.3 Å². The van der Waals surface area contributed by atoms with Gasteiger partial charge < -0.3 is 29.0 Å². The molecule has 6 rings (SSSR count). The number of aliphatic hydroxyl groups is 1. The van der Waals surface area contributed by atoms with E-state index >= 15 is 0 Å². The number of nitrogens with zero attached hydrogens (tertiary/aromatic N) is 3. The number of methoxy groups -OCH3 is 2. The van der Waals surface area contributed by atoms with Gasteiger partial charge in [0.25, 0.3) is 0 Å². The zero-order valence-electron chi connectivity index (χ0n) is 22.6. The molecule has 3 heterocycles. The lowest BCUT2D eigenvalue weighted by molar-refractivity contribution is -0.0935. The van der Waals surface area contributed by atoms with Gasteiger partial charge in [0.1, 0.15) is 41.3 Å². The lowest BCUT2D eigenvalue weighted by Crippen LogP contribution is -2.38. The van der Waals surface area contributed by atoms with Crippen molar-refractivity contribution in [2.45, 2.75) is 30.5 Å². The third-order valence-corrected chi connectivity index (χ3v) is 7.51. The first kappa shape index (κ1) is 26.7. The highest BCUT2D eigenvalue weighted by molar-refractivity contribution is 5.68. The maximum absolute atomic E-state index is 12.7. The Kier molecular flexibility index (Phi) is 7.27. The van der Waals surface area contributed by atoms with E-state index in [1.807, 2.05) is 78.9 Å². The second-order valence-corrected chi connectivity index (χ2v) is 9.81. The predicted octanol–water partition coefficient (Wildman–Crippen LogP) is 3.79. The smallest absolute Gasteiger partial charge is 0.329 e. The highest BCUT2D eigenvalue weighted by Crippen LogP contribution is 2.42. The van der Waals surface area contributed by atoms with Crippen molar-refractivity contribution in [1.82, 2.24) is 19.5 Å². The average Bonchev–Trinajstić information content (AvgIpc) is 3.56. The number of H-pyrrole nitrogens is 1. The summed E-state index contributed by atoms with van der Waals surface area (Å²) in [5.74, 6) is 1.44. The second kappa shape index (κ2) is 11.2. The minimum absolute atomic E-state index is 0.0384. The van der Waals surface area contributed by atoms with E-state index in [1.54, 1.807) is 14.2 Å². The number of rotatable bonds is 9. The maximum atomic E-state index is 12.7. The summed E-state index contributed by atoms with van der Waals surface area (Å²) in [5, 5.41) is 11.1. The van der Waals surface area contributed by atoms with Gasteiger partial charge in [0.05, 0.1) is 33.1 Å². The van der Waals surface area contributed by atoms with E-state index in [9.17, 15) is 9.90 Å². The molecule has 0 aliphatic carbocycles. The summed E-state index contributed by atoms with van der Waals surface area (Å²) >= 11 is 0. The van der Waals surface area contributed by atoms with Gasteiger partial charge in [0, 0.05) is 6.42 Å². The number of imidazole rings is 1. The van der Waals surface area contributed by atoms with E-state index in [4.69, 9.17) is 18.9 Å². The van der Waals surface area contributed by atoms with Crippen LogP contribution in [-0.4, -0.2) is 57.7 Å². The molecule has 0 spiro atoms. The van der Waals surface area contributed by atoms with Crippen LogP contribution in [0.3, 0.4) is 0 Å². The normalized spacial score (nSPS) is 19.0. The van der Waals surface area contributed by atoms with Crippen molar-refractivity contribution < 1.29 is 24.1 Å². The molecule has 1 aliphatic rings. The number of aliphatic hydroxyl groups excluding tert-OH is 1. The number of aromatic amines is 1. The van der Waals surface area contributed by atoms with Gasteiger partial charge in [0.15, 0.2) is 5.65 Å². The van der Waals surface area contributed by atoms with E-state index < -0.39 is 24.0 Å². The third kappa shape index (κ3) is 4.86. The summed E-state index contributed by atoms with van der Waals surface area (Å²) in [4.78, 5) is 23.7. The van der Waals surface area contributed by atoms with Crippen LogP contribution in [0.5, 0.6) is 11.5 Å². The average molecular weight is 555 g/mol. The predicted molar refractivity (Wildman–Crippen MR) is 151 cm³/mol.